The highest BCUT2D eigenvalue weighted by atomic mass is 19.1. The van der Waals surface area contributed by atoms with Gasteiger partial charge in [0.25, 0.3) is 0 Å². The van der Waals surface area contributed by atoms with Gasteiger partial charge in [0.15, 0.2) is 0 Å². The molecule has 0 aliphatic carbocycles. The maximum atomic E-state index is 13.2. The van der Waals surface area contributed by atoms with Gasteiger partial charge in [0.1, 0.15) is 5.82 Å². The third-order valence-electron chi connectivity index (χ3n) is 5.66. The van der Waals surface area contributed by atoms with Crippen LogP contribution in [-0.4, -0.2) is 57.0 Å². The maximum absolute atomic E-state index is 13.2. The molecule has 0 amide bonds. The molecule has 0 spiro atoms. The number of aliphatic hydroxyl groups excluding tert-OH is 1. The van der Waals surface area contributed by atoms with Crippen LogP contribution >= 0.6 is 0 Å². The van der Waals surface area contributed by atoms with Gasteiger partial charge in [0, 0.05) is 63.2 Å². The van der Waals surface area contributed by atoms with Crippen LogP contribution in [0.15, 0.2) is 24.3 Å². The van der Waals surface area contributed by atoms with Crippen molar-refractivity contribution in [2.45, 2.75) is 52.9 Å². The van der Waals surface area contributed by atoms with Crippen LogP contribution in [0.2, 0.25) is 0 Å². The van der Waals surface area contributed by atoms with Gasteiger partial charge in [0.2, 0.25) is 0 Å². The summed E-state index contributed by atoms with van der Waals surface area (Å²) < 4.78 is 15.2. The molecule has 1 aliphatic heterocycles. The Bertz CT molecular complexity index is 743. The molecule has 148 valence electrons. The first-order valence-electron chi connectivity index (χ1n) is 9.86. The Morgan fingerprint density at radius 2 is 1.89 bits per heavy atom. The Kier molecular flexibility index (Phi) is 6.63. The van der Waals surface area contributed by atoms with Crippen molar-refractivity contribution in [1.82, 2.24) is 19.6 Å². The van der Waals surface area contributed by atoms with Crippen molar-refractivity contribution in [3.05, 3.63) is 52.6 Å². The zero-order chi connectivity index (χ0) is 19.4. The Hall–Kier alpha value is -1.76. The maximum Gasteiger partial charge on any atom is 0.123 e. The number of nitrogens with zero attached hydrogens (tertiary/aromatic N) is 4. The van der Waals surface area contributed by atoms with Gasteiger partial charge < -0.3 is 5.11 Å². The molecule has 2 aromatic rings. The predicted molar refractivity (Wildman–Crippen MR) is 105 cm³/mol. The Morgan fingerprint density at radius 3 is 2.52 bits per heavy atom. The number of aromatic nitrogens is 2. The van der Waals surface area contributed by atoms with E-state index in [-0.39, 0.29) is 12.4 Å². The Labute approximate surface area is 161 Å². The van der Waals surface area contributed by atoms with Crippen LogP contribution in [0.3, 0.4) is 0 Å². The highest BCUT2D eigenvalue weighted by molar-refractivity contribution is 5.24. The molecule has 1 aliphatic rings. The molecule has 1 atom stereocenters. The van der Waals surface area contributed by atoms with Crippen molar-refractivity contribution in [2.24, 2.45) is 0 Å². The van der Waals surface area contributed by atoms with Gasteiger partial charge in [-0.25, -0.2) is 4.39 Å². The summed E-state index contributed by atoms with van der Waals surface area (Å²) in [6.07, 6.45) is 0.754. The molecule has 2 heterocycles. The number of aryl methyl sites for hydroxylation is 2. The normalized spacial score (nSPS) is 18.9. The standard InChI is InChI=1S/C21H31FN4O/c1-4-26-17(3)21(16(2)23-26)15-24-10-11-25(20(14-24)9-12-27)13-18-5-7-19(22)8-6-18/h5-8,20,27H,4,9-15H2,1-3H3/t20-/m1/s1. The van der Waals surface area contributed by atoms with E-state index in [4.69, 9.17) is 0 Å². The summed E-state index contributed by atoms with van der Waals surface area (Å²) in [4.78, 5) is 4.88. The zero-order valence-electron chi connectivity index (χ0n) is 16.7. The van der Waals surface area contributed by atoms with Gasteiger partial charge in [-0.3, -0.25) is 14.5 Å². The molecule has 0 unspecified atom stereocenters. The van der Waals surface area contributed by atoms with Gasteiger partial charge in [-0.1, -0.05) is 12.1 Å². The summed E-state index contributed by atoms with van der Waals surface area (Å²) in [7, 11) is 0. The predicted octanol–water partition coefficient (Wildman–Crippen LogP) is 2.73. The molecule has 1 saturated heterocycles. The summed E-state index contributed by atoms with van der Waals surface area (Å²) in [5, 5.41) is 14.2. The second-order valence-corrected chi connectivity index (χ2v) is 7.46. The average Bonchev–Trinajstić information content (AvgIpc) is 2.93. The smallest absolute Gasteiger partial charge is 0.123 e. The van der Waals surface area contributed by atoms with E-state index < -0.39 is 0 Å². The minimum Gasteiger partial charge on any atom is -0.396 e. The molecule has 1 aromatic carbocycles. The van der Waals surface area contributed by atoms with E-state index in [1.54, 1.807) is 0 Å². The SMILES string of the molecule is CCn1nc(C)c(CN2CCN(Cc3ccc(F)cc3)[C@H](CCO)C2)c1C. The Morgan fingerprint density at radius 1 is 1.15 bits per heavy atom. The van der Waals surface area contributed by atoms with Crippen molar-refractivity contribution in [2.75, 3.05) is 26.2 Å². The summed E-state index contributed by atoms with van der Waals surface area (Å²) in [6.45, 7) is 12.0. The minimum atomic E-state index is -0.200. The van der Waals surface area contributed by atoms with Gasteiger partial charge in [-0.15, -0.1) is 0 Å². The van der Waals surface area contributed by atoms with E-state index in [1.165, 1.54) is 23.4 Å². The van der Waals surface area contributed by atoms with Crippen molar-refractivity contribution < 1.29 is 9.50 Å². The molecule has 5 nitrogen and oxygen atoms in total. The van der Waals surface area contributed by atoms with Crippen LogP contribution in [0.4, 0.5) is 4.39 Å². The largest absolute Gasteiger partial charge is 0.396 e. The number of rotatable bonds is 7. The van der Waals surface area contributed by atoms with Crippen molar-refractivity contribution >= 4 is 0 Å². The molecule has 1 N–H and O–H groups in total. The molecular formula is C21H31FN4O. The van der Waals surface area contributed by atoms with Crippen LogP contribution in [-0.2, 0) is 19.6 Å². The second-order valence-electron chi connectivity index (χ2n) is 7.46. The molecule has 3 rings (SSSR count). The molecule has 0 saturated carbocycles. The quantitative estimate of drug-likeness (QED) is 0.809. The number of benzene rings is 1. The number of piperazine rings is 1. The fraction of sp³-hybridized carbons (Fsp3) is 0.571. The van der Waals surface area contributed by atoms with Crippen molar-refractivity contribution in [1.29, 1.82) is 0 Å². The third-order valence-corrected chi connectivity index (χ3v) is 5.66. The van der Waals surface area contributed by atoms with E-state index >= 15 is 0 Å². The molecule has 6 heteroatoms. The van der Waals surface area contributed by atoms with Crippen LogP contribution in [0, 0.1) is 19.7 Å². The lowest BCUT2D eigenvalue weighted by molar-refractivity contribution is 0.0498. The van der Waals surface area contributed by atoms with Crippen LogP contribution in [0.25, 0.3) is 0 Å². The lowest BCUT2D eigenvalue weighted by Gasteiger charge is -2.41. The lowest BCUT2D eigenvalue weighted by atomic mass is 10.1. The van der Waals surface area contributed by atoms with Crippen molar-refractivity contribution in [3.63, 3.8) is 0 Å². The molecule has 1 aromatic heterocycles. The van der Waals surface area contributed by atoms with Crippen LogP contribution in [0.5, 0.6) is 0 Å². The third kappa shape index (κ3) is 4.75. The number of halogens is 1. The molecule has 0 bridgehead atoms. The van der Waals surface area contributed by atoms with Gasteiger partial charge in [-0.2, -0.15) is 5.10 Å². The summed E-state index contributed by atoms with van der Waals surface area (Å²) in [5.41, 5.74) is 4.81. The number of aliphatic hydroxyl groups is 1. The molecule has 1 fully saturated rings. The van der Waals surface area contributed by atoms with Gasteiger partial charge in [0.05, 0.1) is 5.69 Å². The van der Waals surface area contributed by atoms with Gasteiger partial charge >= 0.3 is 0 Å². The number of hydrogen-bond donors (Lipinski definition) is 1. The first-order valence-corrected chi connectivity index (χ1v) is 9.86. The van der Waals surface area contributed by atoms with Crippen LogP contribution in [0.1, 0.15) is 35.9 Å². The highest BCUT2D eigenvalue weighted by Crippen LogP contribution is 2.21. The van der Waals surface area contributed by atoms with E-state index in [1.807, 2.05) is 12.1 Å². The van der Waals surface area contributed by atoms with E-state index in [9.17, 15) is 9.50 Å². The molecular weight excluding hydrogens is 343 g/mol. The van der Waals surface area contributed by atoms with Crippen molar-refractivity contribution in [3.8, 4) is 0 Å². The average molecular weight is 375 g/mol. The first kappa shape index (κ1) is 20.0. The Balaban J connectivity index is 1.66. The highest BCUT2D eigenvalue weighted by Gasteiger charge is 2.27. The fourth-order valence-electron chi connectivity index (χ4n) is 4.05. The summed E-state index contributed by atoms with van der Waals surface area (Å²) in [6, 6.07) is 7.04. The monoisotopic (exact) mass is 374 g/mol. The van der Waals surface area contributed by atoms with E-state index in [0.717, 1.165) is 56.9 Å². The second kappa shape index (κ2) is 8.95. The van der Waals surface area contributed by atoms with E-state index in [0.29, 0.717) is 6.04 Å². The fourth-order valence-corrected chi connectivity index (χ4v) is 4.05. The molecule has 27 heavy (non-hydrogen) atoms. The van der Waals surface area contributed by atoms with Gasteiger partial charge in [-0.05, 0) is 44.9 Å². The van der Waals surface area contributed by atoms with Crippen LogP contribution < -0.4 is 0 Å². The molecule has 0 radical (unpaired) electrons. The van der Waals surface area contributed by atoms with E-state index in [2.05, 4.69) is 40.4 Å². The first-order chi connectivity index (χ1) is 13.0. The topological polar surface area (TPSA) is 44.5 Å². The number of hydrogen-bond acceptors (Lipinski definition) is 4. The minimum absolute atomic E-state index is 0.185. The summed E-state index contributed by atoms with van der Waals surface area (Å²) in [5.74, 6) is -0.200. The zero-order valence-corrected chi connectivity index (χ0v) is 16.7. The lowest BCUT2D eigenvalue weighted by Crippen LogP contribution is -2.52. The summed E-state index contributed by atoms with van der Waals surface area (Å²) >= 11 is 0.